The van der Waals surface area contributed by atoms with Crippen molar-refractivity contribution in [1.29, 1.82) is 0 Å². The van der Waals surface area contributed by atoms with Crippen LogP contribution in [-0.2, 0) is 0 Å². The van der Waals surface area contributed by atoms with Gasteiger partial charge in [0.05, 0.1) is 13.7 Å². The van der Waals surface area contributed by atoms with Crippen LogP contribution in [0.2, 0.25) is 0 Å². The predicted molar refractivity (Wildman–Crippen MR) is 82.1 cm³/mol. The van der Waals surface area contributed by atoms with Gasteiger partial charge in [-0.1, -0.05) is 19.9 Å². The number of likely N-dealkylation sites (N-methyl/N-ethyl adjacent to an activating group) is 1. The third kappa shape index (κ3) is 5.43. The number of rotatable bonds is 8. The van der Waals surface area contributed by atoms with E-state index >= 15 is 0 Å². The van der Waals surface area contributed by atoms with E-state index in [0.717, 1.165) is 18.7 Å². The molecular weight excluding hydrogens is 258 g/mol. The molecule has 0 bridgehead atoms. The molecule has 0 spiro atoms. The zero-order chi connectivity index (χ0) is 14.3. The van der Waals surface area contributed by atoms with Crippen molar-refractivity contribution in [3.8, 4) is 5.75 Å². The molecule has 2 unspecified atom stereocenters. The van der Waals surface area contributed by atoms with Crippen molar-refractivity contribution in [2.24, 2.45) is 0 Å². The highest BCUT2D eigenvalue weighted by molar-refractivity contribution is 7.99. The highest BCUT2D eigenvalue weighted by atomic mass is 32.2. The first-order chi connectivity index (χ1) is 9.03. The summed E-state index contributed by atoms with van der Waals surface area (Å²) in [6.07, 6.45) is 0.916. The Morgan fingerprint density at radius 1 is 1.47 bits per heavy atom. The van der Waals surface area contributed by atoms with Crippen molar-refractivity contribution >= 4 is 11.8 Å². The average Bonchev–Trinajstić information content (AvgIpc) is 2.39. The lowest BCUT2D eigenvalue weighted by Gasteiger charge is -2.31. The minimum Gasteiger partial charge on any atom is -0.497 e. The van der Waals surface area contributed by atoms with Gasteiger partial charge in [0.25, 0.3) is 0 Å². The molecule has 108 valence electrons. The predicted octanol–water partition coefficient (Wildman–Crippen LogP) is 2.93. The number of nitrogens with one attached hydrogen (secondary N) is 1. The largest absolute Gasteiger partial charge is 0.497 e. The van der Waals surface area contributed by atoms with Gasteiger partial charge >= 0.3 is 0 Å². The summed E-state index contributed by atoms with van der Waals surface area (Å²) in [6.45, 7) is 7.35. The summed E-state index contributed by atoms with van der Waals surface area (Å²) >= 11 is 1.81. The van der Waals surface area contributed by atoms with Crippen LogP contribution in [0.3, 0.4) is 0 Å². The van der Waals surface area contributed by atoms with Gasteiger partial charge in [0.15, 0.2) is 0 Å². The summed E-state index contributed by atoms with van der Waals surface area (Å²) in [4.78, 5) is 1.20. The summed E-state index contributed by atoms with van der Waals surface area (Å²) in [5.74, 6) is 0.883. The summed E-state index contributed by atoms with van der Waals surface area (Å²) < 4.78 is 5.23. The van der Waals surface area contributed by atoms with Crippen LogP contribution < -0.4 is 10.1 Å². The topological polar surface area (TPSA) is 41.5 Å². The summed E-state index contributed by atoms with van der Waals surface area (Å²) in [5.41, 5.74) is -0.208. The lowest BCUT2D eigenvalue weighted by molar-refractivity contribution is 0.168. The Balaban J connectivity index is 2.60. The van der Waals surface area contributed by atoms with E-state index in [1.165, 1.54) is 4.90 Å². The van der Waals surface area contributed by atoms with E-state index in [4.69, 9.17) is 4.74 Å². The standard InChI is InChI=1S/C15H25NO2S/c1-5-16-15(3,11-17)10-12(2)19-14-8-6-7-13(9-14)18-4/h6-9,12,16-17H,5,10-11H2,1-4H3. The number of hydrogen-bond acceptors (Lipinski definition) is 4. The molecule has 1 rings (SSSR count). The van der Waals surface area contributed by atoms with Gasteiger partial charge < -0.3 is 15.2 Å². The number of hydrogen-bond donors (Lipinski definition) is 2. The van der Waals surface area contributed by atoms with Gasteiger partial charge in [0.1, 0.15) is 5.75 Å². The Kier molecular flexibility index (Phi) is 6.69. The van der Waals surface area contributed by atoms with Crippen LogP contribution >= 0.6 is 11.8 Å². The Morgan fingerprint density at radius 3 is 2.79 bits per heavy atom. The fourth-order valence-electron chi connectivity index (χ4n) is 2.20. The Bertz CT molecular complexity index is 386. The molecule has 0 saturated carbocycles. The Hall–Kier alpha value is -0.710. The quantitative estimate of drug-likeness (QED) is 0.720. The number of methoxy groups -OCH3 is 1. The molecule has 1 aromatic carbocycles. The normalized spacial score (nSPS) is 15.8. The van der Waals surface area contributed by atoms with Crippen LogP contribution in [0.25, 0.3) is 0 Å². The number of thioether (sulfide) groups is 1. The smallest absolute Gasteiger partial charge is 0.119 e. The molecular formula is C15H25NO2S. The summed E-state index contributed by atoms with van der Waals surface area (Å²) in [6, 6.07) is 8.09. The van der Waals surface area contributed by atoms with Crippen molar-refractivity contribution in [3.63, 3.8) is 0 Å². The minimum absolute atomic E-state index is 0.157. The molecule has 2 atom stereocenters. The van der Waals surface area contributed by atoms with Crippen molar-refractivity contribution < 1.29 is 9.84 Å². The first-order valence-electron chi connectivity index (χ1n) is 6.69. The second-order valence-corrected chi connectivity index (χ2v) is 6.57. The summed E-state index contributed by atoms with van der Waals surface area (Å²) in [5, 5.41) is 13.3. The maximum absolute atomic E-state index is 9.52. The van der Waals surface area contributed by atoms with E-state index in [1.807, 2.05) is 30.0 Å². The van der Waals surface area contributed by atoms with Crippen molar-refractivity contribution in [1.82, 2.24) is 5.32 Å². The molecule has 0 heterocycles. The van der Waals surface area contributed by atoms with Crippen molar-refractivity contribution in [2.45, 2.75) is 42.9 Å². The Morgan fingerprint density at radius 2 is 2.21 bits per heavy atom. The maximum atomic E-state index is 9.52. The van der Waals surface area contributed by atoms with Gasteiger partial charge in [0, 0.05) is 15.7 Å². The van der Waals surface area contributed by atoms with E-state index in [9.17, 15) is 5.11 Å². The molecule has 0 aliphatic carbocycles. The second kappa shape index (κ2) is 7.78. The minimum atomic E-state index is -0.208. The third-order valence-electron chi connectivity index (χ3n) is 3.07. The molecule has 4 heteroatoms. The van der Waals surface area contributed by atoms with E-state index in [1.54, 1.807) is 7.11 Å². The molecule has 0 saturated heterocycles. The highest BCUT2D eigenvalue weighted by Gasteiger charge is 2.25. The zero-order valence-corrected chi connectivity index (χ0v) is 13.1. The molecule has 0 aliphatic heterocycles. The first kappa shape index (κ1) is 16.3. The molecule has 3 nitrogen and oxygen atoms in total. The Labute approximate surface area is 120 Å². The fourth-order valence-corrected chi connectivity index (χ4v) is 3.46. The van der Waals surface area contributed by atoms with Gasteiger partial charge in [-0.25, -0.2) is 0 Å². The van der Waals surface area contributed by atoms with Crippen molar-refractivity contribution in [2.75, 3.05) is 20.3 Å². The molecule has 19 heavy (non-hydrogen) atoms. The molecule has 0 fully saturated rings. The van der Waals surface area contributed by atoms with Crippen LogP contribution in [0.1, 0.15) is 27.2 Å². The van der Waals surface area contributed by atoms with Crippen LogP contribution in [0.15, 0.2) is 29.2 Å². The van der Waals surface area contributed by atoms with E-state index in [-0.39, 0.29) is 12.1 Å². The van der Waals surface area contributed by atoms with E-state index in [2.05, 4.69) is 32.2 Å². The molecule has 1 aromatic rings. The third-order valence-corrected chi connectivity index (χ3v) is 4.16. The molecule has 2 N–H and O–H groups in total. The number of aliphatic hydroxyl groups excluding tert-OH is 1. The van der Waals surface area contributed by atoms with Gasteiger partial charge in [-0.3, -0.25) is 0 Å². The zero-order valence-electron chi connectivity index (χ0n) is 12.3. The second-order valence-electron chi connectivity index (χ2n) is 5.06. The van der Waals surface area contributed by atoms with Gasteiger partial charge in [-0.2, -0.15) is 0 Å². The van der Waals surface area contributed by atoms with Crippen LogP contribution in [0.4, 0.5) is 0 Å². The van der Waals surface area contributed by atoms with E-state index < -0.39 is 0 Å². The van der Waals surface area contributed by atoms with Gasteiger partial charge in [0.2, 0.25) is 0 Å². The average molecular weight is 283 g/mol. The van der Waals surface area contributed by atoms with Crippen LogP contribution in [0.5, 0.6) is 5.75 Å². The number of aliphatic hydroxyl groups is 1. The molecule has 0 aliphatic rings. The fraction of sp³-hybridized carbons (Fsp3) is 0.600. The van der Waals surface area contributed by atoms with Gasteiger partial charge in [-0.05, 0) is 38.1 Å². The maximum Gasteiger partial charge on any atom is 0.119 e. The lowest BCUT2D eigenvalue weighted by atomic mass is 9.97. The summed E-state index contributed by atoms with van der Waals surface area (Å²) in [7, 11) is 1.68. The van der Waals surface area contributed by atoms with Crippen molar-refractivity contribution in [3.05, 3.63) is 24.3 Å². The number of ether oxygens (including phenoxy) is 1. The molecule has 0 radical (unpaired) electrons. The number of benzene rings is 1. The van der Waals surface area contributed by atoms with Crippen LogP contribution in [-0.4, -0.2) is 36.2 Å². The van der Waals surface area contributed by atoms with Gasteiger partial charge in [-0.15, -0.1) is 11.8 Å². The van der Waals surface area contributed by atoms with E-state index in [0.29, 0.717) is 5.25 Å². The highest BCUT2D eigenvalue weighted by Crippen LogP contribution is 2.30. The molecule has 0 aromatic heterocycles. The van der Waals surface area contributed by atoms with Crippen LogP contribution in [0, 0.1) is 0 Å². The lowest BCUT2D eigenvalue weighted by Crippen LogP contribution is -2.47. The first-order valence-corrected chi connectivity index (χ1v) is 7.57. The molecule has 0 amide bonds. The SMILES string of the molecule is CCNC(C)(CO)CC(C)Sc1cccc(OC)c1. The monoisotopic (exact) mass is 283 g/mol.